The number of alkyl halides is 3. The van der Waals surface area contributed by atoms with Gasteiger partial charge in [0.05, 0.1) is 18.2 Å². The monoisotopic (exact) mass is 419 g/mol. The van der Waals surface area contributed by atoms with Crippen molar-refractivity contribution in [2.45, 2.75) is 51.6 Å². The lowest BCUT2D eigenvalue weighted by Gasteiger charge is -2.43. The van der Waals surface area contributed by atoms with Crippen LogP contribution in [0.2, 0.25) is 0 Å². The minimum atomic E-state index is -4.47. The second-order valence-corrected chi connectivity index (χ2v) is 7.78. The second kappa shape index (κ2) is 6.92. The minimum Gasteiger partial charge on any atom is -0.318 e. The highest BCUT2D eigenvalue weighted by Crippen LogP contribution is 2.37. The molecule has 0 spiro atoms. The van der Waals surface area contributed by atoms with Crippen molar-refractivity contribution in [3.05, 3.63) is 59.2 Å². The maximum atomic E-state index is 13.3. The normalized spacial score (nSPS) is 19.4. The molecule has 2 aromatic heterocycles. The molecule has 1 atom stereocenters. The number of halogens is 3. The highest BCUT2D eigenvalue weighted by atomic mass is 19.4. The summed E-state index contributed by atoms with van der Waals surface area (Å²) in [5.74, 6) is 0.0935. The van der Waals surface area contributed by atoms with E-state index in [4.69, 9.17) is 0 Å². The first kappa shape index (κ1) is 20.0. The van der Waals surface area contributed by atoms with E-state index < -0.39 is 17.3 Å². The number of rotatable bonds is 4. The molecule has 3 heterocycles. The van der Waals surface area contributed by atoms with Crippen molar-refractivity contribution in [2.75, 3.05) is 0 Å². The Morgan fingerprint density at radius 2 is 2.00 bits per heavy atom. The summed E-state index contributed by atoms with van der Waals surface area (Å²) in [6.45, 7) is 5.85. The lowest BCUT2D eigenvalue weighted by Crippen LogP contribution is -2.55. The Morgan fingerprint density at radius 3 is 2.70 bits per heavy atom. The lowest BCUT2D eigenvalue weighted by atomic mass is 9.93. The van der Waals surface area contributed by atoms with Crippen LogP contribution in [0.15, 0.2) is 36.5 Å². The number of amides is 1. The Morgan fingerprint density at radius 1 is 1.23 bits per heavy atom. The third-order valence-electron chi connectivity index (χ3n) is 5.29. The van der Waals surface area contributed by atoms with Crippen LogP contribution in [0.3, 0.4) is 0 Å². The van der Waals surface area contributed by atoms with Crippen molar-refractivity contribution in [3.8, 4) is 0 Å². The van der Waals surface area contributed by atoms with Gasteiger partial charge >= 0.3 is 6.18 Å². The van der Waals surface area contributed by atoms with Crippen molar-refractivity contribution in [1.29, 1.82) is 0 Å². The summed E-state index contributed by atoms with van der Waals surface area (Å²) in [6.07, 6.45) is -2.95. The van der Waals surface area contributed by atoms with Gasteiger partial charge in [0.15, 0.2) is 5.82 Å². The molecule has 3 aromatic rings. The molecule has 1 aromatic carbocycles. The van der Waals surface area contributed by atoms with E-state index in [-0.39, 0.29) is 25.0 Å². The van der Waals surface area contributed by atoms with Crippen LogP contribution in [0, 0.1) is 0 Å². The molecular formula is C19H20F3N7O. The van der Waals surface area contributed by atoms with Crippen LogP contribution in [-0.4, -0.2) is 40.8 Å². The molecule has 1 aliphatic heterocycles. The van der Waals surface area contributed by atoms with Gasteiger partial charge in [-0.25, -0.2) is 4.68 Å². The molecule has 1 unspecified atom stereocenters. The zero-order chi connectivity index (χ0) is 21.7. The molecule has 0 radical (unpaired) electrons. The summed E-state index contributed by atoms with van der Waals surface area (Å²) in [6, 6.07) is 6.50. The van der Waals surface area contributed by atoms with Gasteiger partial charge in [-0.05, 0) is 55.0 Å². The molecule has 1 aliphatic rings. The van der Waals surface area contributed by atoms with Crippen LogP contribution in [0.25, 0.3) is 0 Å². The average Bonchev–Trinajstić information content (AvgIpc) is 3.34. The fourth-order valence-corrected chi connectivity index (χ4v) is 3.74. The predicted molar refractivity (Wildman–Crippen MR) is 99.1 cm³/mol. The van der Waals surface area contributed by atoms with Gasteiger partial charge in [0.2, 0.25) is 0 Å². The fraction of sp³-hybridized carbons (Fsp3) is 0.421. The molecule has 0 fully saturated rings. The summed E-state index contributed by atoms with van der Waals surface area (Å²) in [5, 5.41) is 16.2. The SMILES string of the molecule is CC(C)n1nnnc1C1(C)Cn2nccc2C(=O)N1Cc1cccc(C(F)(F)F)c1. The standard InChI is InChI=1S/C19H20F3N7O/c1-12(2)29-17(24-25-26-29)18(3)11-28-15(7-8-23-28)16(30)27(18)10-13-5-4-6-14(9-13)19(20,21)22/h4-9,12H,10-11H2,1-3H3. The van der Waals surface area contributed by atoms with E-state index in [9.17, 15) is 18.0 Å². The van der Waals surface area contributed by atoms with Crippen molar-refractivity contribution >= 4 is 5.91 Å². The van der Waals surface area contributed by atoms with Crippen LogP contribution < -0.4 is 0 Å². The molecule has 0 saturated heterocycles. The molecule has 0 N–H and O–H groups in total. The van der Waals surface area contributed by atoms with Gasteiger partial charge in [0, 0.05) is 12.7 Å². The summed E-state index contributed by atoms with van der Waals surface area (Å²) in [4.78, 5) is 14.8. The van der Waals surface area contributed by atoms with Crippen LogP contribution in [0.1, 0.15) is 54.3 Å². The number of hydrogen-bond donors (Lipinski definition) is 0. The van der Waals surface area contributed by atoms with Crippen LogP contribution in [-0.2, 0) is 24.8 Å². The third-order valence-corrected chi connectivity index (χ3v) is 5.29. The molecule has 30 heavy (non-hydrogen) atoms. The molecule has 0 aliphatic carbocycles. The smallest absolute Gasteiger partial charge is 0.318 e. The van der Waals surface area contributed by atoms with Gasteiger partial charge in [0.25, 0.3) is 5.91 Å². The zero-order valence-electron chi connectivity index (χ0n) is 16.6. The summed E-state index contributed by atoms with van der Waals surface area (Å²) in [7, 11) is 0. The number of hydrogen-bond acceptors (Lipinski definition) is 5. The van der Waals surface area contributed by atoms with Gasteiger partial charge in [-0.3, -0.25) is 9.48 Å². The Labute approximate surface area is 170 Å². The molecule has 0 bridgehead atoms. The molecule has 0 saturated carbocycles. The molecular weight excluding hydrogens is 399 g/mol. The lowest BCUT2D eigenvalue weighted by molar-refractivity contribution is -0.137. The quantitative estimate of drug-likeness (QED) is 0.649. The first-order valence-corrected chi connectivity index (χ1v) is 9.39. The van der Waals surface area contributed by atoms with E-state index >= 15 is 0 Å². The molecule has 4 rings (SSSR count). The average molecular weight is 419 g/mol. The highest BCUT2D eigenvalue weighted by Gasteiger charge is 2.47. The van der Waals surface area contributed by atoms with Crippen LogP contribution in [0.4, 0.5) is 13.2 Å². The molecule has 1 amide bonds. The van der Waals surface area contributed by atoms with E-state index in [0.29, 0.717) is 17.1 Å². The molecule has 11 heteroatoms. The first-order valence-electron chi connectivity index (χ1n) is 9.39. The molecule has 158 valence electrons. The summed E-state index contributed by atoms with van der Waals surface area (Å²) >= 11 is 0. The molecule has 8 nitrogen and oxygen atoms in total. The number of benzene rings is 1. The maximum Gasteiger partial charge on any atom is 0.416 e. The number of fused-ring (bicyclic) bond motifs is 1. The second-order valence-electron chi connectivity index (χ2n) is 7.78. The van der Waals surface area contributed by atoms with Gasteiger partial charge in [-0.2, -0.15) is 18.3 Å². The highest BCUT2D eigenvalue weighted by molar-refractivity contribution is 5.93. The third kappa shape index (κ3) is 3.23. The number of carbonyl (C=O) groups is 1. The Kier molecular flexibility index (Phi) is 4.63. The Balaban J connectivity index is 1.81. The van der Waals surface area contributed by atoms with E-state index in [2.05, 4.69) is 20.6 Å². The zero-order valence-corrected chi connectivity index (χ0v) is 16.6. The summed E-state index contributed by atoms with van der Waals surface area (Å²) < 4.78 is 42.7. The van der Waals surface area contributed by atoms with E-state index in [1.807, 2.05) is 13.8 Å². The van der Waals surface area contributed by atoms with Crippen molar-refractivity contribution in [3.63, 3.8) is 0 Å². The van der Waals surface area contributed by atoms with Crippen molar-refractivity contribution < 1.29 is 18.0 Å². The van der Waals surface area contributed by atoms with Gasteiger partial charge < -0.3 is 4.90 Å². The maximum absolute atomic E-state index is 13.3. The van der Waals surface area contributed by atoms with E-state index in [0.717, 1.165) is 12.1 Å². The Hall–Kier alpha value is -3.24. The number of aromatic nitrogens is 6. The topological polar surface area (TPSA) is 81.7 Å². The minimum absolute atomic E-state index is 0.0324. The van der Waals surface area contributed by atoms with Crippen molar-refractivity contribution in [2.24, 2.45) is 0 Å². The van der Waals surface area contributed by atoms with Crippen molar-refractivity contribution in [1.82, 2.24) is 34.9 Å². The van der Waals surface area contributed by atoms with Gasteiger partial charge in [-0.1, -0.05) is 12.1 Å². The Bertz CT molecular complexity index is 1090. The number of tetrazole rings is 1. The fourth-order valence-electron chi connectivity index (χ4n) is 3.74. The van der Waals surface area contributed by atoms with Crippen LogP contribution >= 0.6 is 0 Å². The van der Waals surface area contributed by atoms with E-state index in [1.54, 1.807) is 28.4 Å². The van der Waals surface area contributed by atoms with Gasteiger partial charge in [0.1, 0.15) is 11.2 Å². The number of nitrogens with zero attached hydrogens (tertiary/aromatic N) is 7. The van der Waals surface area contributed by atoms with E-state index in [1.165, 1.54) is 17.2 Å². The first-order chi connectivity index (χ1) is 14.1. The number of carbonyl (C=O) groups excluding carboxylic acids is 1. The summed E-state index contributed by atoms with van der Waals surface area (Å²) in [5.41, 5.74) is -1.05. The van der Waals surface area contributed by atoms with Crippen LogP contribution in [0.5, 0.6) is 0 Å². The largest absolute Gasteiger partial charge is 0.416 e. The van der Waals surface area contributed by atoms with Gasteiger partial charge in [-0.15, -0.1) is 5.10 Å². The predicted octanol–water partition coefficient (Wildman–Crippen LogP) is 3.04.